The number of rotatable bonds is 4. The molecule has 1 aliphatic heterocycles. The number of nitrogens with zero attached hydrogens (tertiary/aromatic N) is 5. The van der Waals surface area contributed by atoms with Crippen LogP contribution in [0.5, 0.6) is 5.88 Å². The van der Waals surface area contributed by atoms with Crippen LogP contribution in [-0.2, 0) is 13.0 Å². The minimum absolute atomic E-state index is 0.0639. The lowest BCUT2D eigenvalue weighted by Gasteiger charge is -2.31. The van der Waals surface area contributed by atoms with Crippen LogP contribution in [0, 0.1) is 6.92 Å². The minimum Gasteiger partial charge on any atom is -0.478 e. The van der Waals surface area contributed by atoms with Crippen LogP contribution in [0.4, 0.5) is 0 Å². The van der Waals surface area contributed by atoms with E-state index < -0.39 is 0 Å². The van der Waals surface area contributed by atoms with Crippen LogP contribution in [0.2, 0.25) is 0 Å². The first-order valence-electron chi connectivity index (χ1n) is 7.18. The zero-order valence-corrected chi connectivity index (χ0v) is 12.5. The zero-order valence-electron chi connectivity index (χ0n) is 12.5. The van der Waals surface area contributed by atoms with Crippen molar-refractivity contribution in [3.8, 4) is 5.88 Å². The lowest BCUT2D eigenvalue weighted by molar-refractivity contribution is 0.160. The van der Waals surface area contributed by atoms with Crippen molar-refractivity contribution in [2.75, 3.05) is 13.2 Å². The van der Waals surface area contributed by atoms with Gasteiger partial charge in [0.25, 0.3) is 0 Å². The average Bonchev–Trinajstić information content (AvgIpc) is 2.93. The molecule has 0 radical (unpaired) electrons. The van der Waals surface area contributed by atoms with E-state index in [2.05, 4.69) is 32.0 Å². The van der Waals surface area contributed by atoms with Gasteiger partial charge >= 0.3 is 0 Å². The minimum atomic E-state index is 0.0639. The maximum atomic E-state index is 5.61. The highest BCUT2D eigenvalue weighted by Gasteiger charge is 2.28. The van der Waals surface area contributed by atoms with E-state index in [0.29, 0.717) is 24.3 Å². The van der Waals surface area contributed by atoms with E-state index in [0.717, 1.165) is 30.8 Å². The van der Waals surface area contributed by atoms with Gasteiger partial charge in [0.1, 0.15) is 6.33 Å². The highest BCUT2D eigenvalue weighted by molar-refractivity contribution is 5.31. The smallest absolute Gasteiger partial charge is 0.233 e. The number of hydrogen-bond donors (Lipinski definition) is 0. The third-order valence-corrected chi connectivity index (χ3v) is 3.72. The predicted molar refractivity (Wildman–Crippen MR) is 74.8 cm³/mol. The summed E-state index contributed by atoms with van der Waals surface area (Å²) in [6.45, 7) is 8.06. The first-order chi connectivity index (χ1) is 10.2. The molecule has 1 aliphatic rings. The Balaban J connectivity index is 1.83. The maximum Gasteiger partial charge on any atom is 0.233 e. The fourth-order valence-electron chi connectivity index (χ4n) is 2.56. The fraction of sp³-hybridized carbons (Fsp3) is 0.571. The molecule has 7 heteroatoms. The molecule has 21 heavy (non-hydrogen) atoms. The molecule has 112 valence electrons. The summed E-state index contributed by atoms with van der Waals surface area (Å²) < 4.78 is 11.2. The van der Waals surface area contributed by atoms with Gasteiger partial charge in [-0.1, -0.05) is 0 Å². The Morgan fingerprint density at radius 2 is 2.24 bits per heavy atom. The second-order valence-corrected chi connectivity index (χ2v) is 5.09. The summed E-state index contributed by atoms with van der Waals surface area (Å²) in [6.07, 6.45) is 2.44. The third-order valence-electron chi connectivity index (χ3n) is 3.72. The molecule has 2 aromatic heterocycles. The summed E-state index contributed by atoms with van der Waals surface area (Å²) in [4.78, 5) is 10.9. The molecule has 0 aromatic carbocycles. The van der Waals surface area contributed by atoms with E-state index in [4.69, 9.17) is 9.15 Å². The van der Waals surface area contributed by atoms with Gasteiger partial charge in [0.05, 0.1) is 18.3 Å². The summed E-state index contributed by atoms with van der Waals surface area (Å²) in [7, 11) is 0. The zero-order chi connectivity index (χ0) is 14.8. The molecule has 0 N–H and O–H groups in total. The van der Waals surface area contributed by atoms with Gasteiger partial charge in [-0.2, -0.15) is 0 Å². The molecule has 3 heterocycles. The number of ether oxygens (including phenoxy) is 1. The molecule has 3 rings (SSSR count). The average molecular weight is 289 g/mol. The second-order valence-electron chi connectivity index (χ2n) is 5.09. The summed E-state index contributed by atoms with van der Waals surface area (Å²) in [5.41, 5.74) is 2.13. The van der Waals surface area contributed by atoms with Gasteiger partial charge in [-0.25, -0.2) is 9.97 Å². The number of fused-ring (bicyclic) bond motifs is 1. The van der Waals surface area contributed by atoms with Gasteiger partial charge in [-0.15, -0.1) is 10.2 Å². The Labute approximate surface area is 123 Å². The van der Waals surface area contributed by atoms with Crippen LogP contribution >= 0.6 is 0 Å². The van der Waals surface area contributed by atoms with Gasteiger partial charge < -0.3 is 9.15 Å². The molecular weight excluding hydrogens is 270 g/mol. The molecule has 2 aromatic rings. The fourth-order valence-corrected chi connectivity index (χ4v) is 2.56. The molecule has 0 fully saturated rings. The molecule has 0 saturated carbocycles. The van der Waals surface area contributed by atoms with E-state index in [9.17, 15) is 0 Å². The molecular formula is C14H19N5O2. The lowest BCUT2D eigenvalue weighted by atomic mass is 10.0. The molecule has 0 amide bonds. The molecule has 7 nitrogen and oxygen atoms in total. The molecule has 0 spiro atoms. The van der Waals surface area contributed by atoms with Crippen molar-refractivity contribution >= 4 is 0 Å². The van der Waals surface area contributed by atoms with E-state index in [1.54, 1.807) is 13.3 Å². The maximum absolute atomic E-state index is 5.61. The van der Waals surface area contributed by atoms with Crippen molar-refractivity contribution in [1.29, 1.82) is 0 Å². The van der Waals surface area contributed by atoms with E-state index in [1.807, 2.05) is 6.92 Å². The second kappa shape index (κ2) is 5.77. The Hall–Kier alpha value is -2.02. The summed E-state index contributed by atoms with van der Waals surface area (Å²) >= 11 is 0. The standard InChI is InChI=1S/C14H19N5O2/c1-4-20-14-11-7-19(6-5-12(11)15-8-16-14)9(2)13-18-17-10(3)21-13/h8-9H,4-7H2,1-3H3/t9-/m1/s1. The van der Waals surface area contributed by atoms with Crippen LogP contribution in [0.1, 0.15) is 42.9 Å². The number of aryl methyl sites for hydroxylation is 1. The Bertz CT molecular complexity index is 628. The molecule has 0 aliphatic carbocycles. The summed E-state index contributed by atoms with van der Waals surface area (Å²) in [5.74, 6) is 1.92. The molecule has 0 bridgehead atoms. The largest absolute Gasteiger partial charge is 0.478 e. The van der Waals surface area contributed by atoms with Gasteiger partial charge in [0, 0.05) is 32.0 Å². The van der Waals surface area contributed by atoms with Crippen molar-refractivity contribution in [3.05, 3.63) is 29.4 Å². The summed E-state index contributed by atoms with van der Waals surface area (Å²) in [5, 5.41) is 8.02. The van der Waals surface area contributed by atoms with Crippen molar-refractivity contribution in [2.24, 2.45) is 0 Å². The van der Waals surface area contributed by atoms with Crippen molar-refractivity contribution in [2.45, 2.75) is 39.8 Å². The first kappa shape index (κ1) is 13.9. The van der Waals surface area contributed by atoms with Crippen molar-refractivity contribution < 1.29 is 9.15 Å². The normalized spacial score (nSPS) is 16.5. The Morgan fingerprint density at radius 3 is 2.95 bits per heavy atom. The van der Waals surface area contributed by atoms with E-state index in [1.165, 1.54) is 0 Å². The van der Waals surface area contributed by atoms with Crippen LogP contribution in [0.25, 0.3) is 0 Å². The monoisotopic (exact) mass is 289 g/mol. The van der Waals surface area contributed by atoms with E-state index >= 15 is 0 Å². The van der Waals surface area contributed by atoms with Gasteiger partial charge in [-0.3, -0.25) is 4.90 Å². The van der Waals surface area contributed by atoms with Crippen molar-refractivity contribution in [3.63, 3.8) is 0 Å². The van der Waals surface area contributed by atoms with Crippen molar-refractivity contribution in [1.82, 2.24) is 25.1 Å². The van der Waals surface area contributed by atoms with Crippen LogP contribution < -0.4 is 4.74 Å². The SMILES string of the molecule is CCOc1ncnc2c1CN([C@H](C)c1nnc(C)o1)CC2. The highest BCUT2D eigenvalue weighted by Crippen LogP contribution is 2.29. The van der Waals surface area contributed by atoms with Crippen LogP contribution in [0.15, 0.2) is 10.7 Å². The molecule has 1 atom stereocenters. The Morgan fingerprint density at radius 1 is 1.38 bits per heavy atom. The van der Waals surface area contributed by atoms with Gasteiger partial charge in [-0.05, 0) is 13.8 Å². The van der Waals surface area contributed by atoms with Gasteiger partial charge in [0.15, 0.2) is 0 Å². The van der Waals surface area contributed by atoms with Gasteiger partial charge in [0.2, 0.25) is 17.7 Å². The van der Waals surface area contributed by atoms with Crippen LogP contribution in [-0.4, -0.2) is 38.2 Å². The third kappa shape index (κ3) is 2.73. The number of hydrogen-bond acceptors (Lipinski definition) is 7. The number of aromatic nitrogens is 4. The van der Waals surface area contributed by atoms with E-state index in [-0.39, 0.29) is 6.04 Å². The predicted octanol–water partition coefficient (Wildman–Crippen LogP) is 1.69. The lowest BCUT2D eigenvalue weighted by Crippen LogP contribution is -2.34. The molecule has 0 saturated heterocycles. The Kier molecular flexibility index (Phi) is 3.83. The topological polar surface area (TPSA) is 77.2 Å². The first-order valence-corrected chi connectivity index (χ1v) is 7.18. The molecule has 0 unspecified atom stereocenters. The highest BCUT2D eigenvalue weighted by atomic mass is 16.5. The summed E-state index contributed by atoms with van der Waals surface area (Å²) in [6, 6.07) is 0.0639. The van der Waals surface area contributed by atoms with Crippen LogP contribution in [0.3, 0.4) is 0 Å². The quantitative estimate of drug-likeness (QED) is 0.847.